The highest BCUT2D eigenvalue weighted by atomic mass is 35.5. The average molecular weight is 1120 g/mol. The van der Waals surface area contributed by atoms with Gasteiger partial charge in [-0.05, 0) is 84.8 Å². The highest BCUT2D eigenvalue weighted by Crippen LogP contribution is 2.30. The van der Waals surface area contributed by atoms with Crippen LogP contribution in [0.3, 0.4) is 0 Å². The largest absolute Gasteiger partial charge is 0.481 e. The number of nitrogens with one attached hydrogen (secondary N) is 1. The molecular formula is C57H67ClN12O6S2. The Morgan fingerprint density at radius 1 is 0.692 bits per heavy atom. The Bertz CT molecular complexity index is 3350. The molecule has 78 heavy (non-hydrogen) atoms. The van der Waals surface area contributed by atoms with Crippen molar-refractivity contribution < 1.29 is 29.0 Å². The molecule has 6 aromatic heterocycles. The van der Waals surface area contributed by atoms with Crippen molar-refractivity contribution >= 4 is 75.1 Å². The number of nitrogens with zero attached hydrogens (tertiary/aromatic N) is 10. The zero-order valence-electron chi connectivity index (χ0n) is 45.9. The molecule has 0 amide bonds. The van der Waals surface area contributed by atoms with E-state index in [1.807, 2.05) is 37.3 Å². The number of benzene rings is 2. The number of carbonyl (C=O) groups excluding carboxylic acids is 3. The van der Waals surface area contributed by atoms with Gasteiger partial charge in [0.05, 0.1) is 87.0 Å². The van der Waals surface area contributed by atoms with E-state index in [1.165, 1.54) is 29.8 Å². The van der Waals surface area contributed by atoms with Crippen molar-refractivity contribution in [3.63, 3.8) is 0 Å². The molecule has 0 aliphatic carbocycles. The van der Waals surface area contributed by atoms with E-state index in [1.54, 1.807) is 72.8 Å². The summed E-state index contributed by atoms with van der Waals surface area (Å²) in [5, 5.41) is 22.6. The van der Waals surface area contributed by atoms with Crippen molar-refractivity contribution in [1.29, 1.82) is 0 Å². The second kappa shape index (κ2) is 26.7. The van der Waals surface area contributed by atoms with Gasteiger partial charge in [-0.1, -0.05) is 79.7 Å². The van der Waals surface area contributed by atoms with Crippen LogP contribution in [0.25, 0.3) is 22.5 Å². The Hall–Kier alpha value is -7.55. The maximum Gasteiger partial charge on any atom is 0.310 e. The van der Waals surface area contributed by atoms with E-state index in [-0.39, 0.29) is 46.1 Å². The number of aryl methyl sites for hydroxylation is 4. The molecule has 4 N–H and O–H groups in total. The molecule has 0 fully saturated rings. The number of ketones is 2. The number of halogens is 1. The number of rotatable bonds is 18. The minimum atomic E-state index is -0.867. The van der Waals surface area contributed by atoms with E-state index < -0.39 is 11.9 Å². The second-order valence-corrected chi connectivity index (χ2v) is 23.3. The Morgan fingerprint density at radius 3 is 1.65 bits per heavy atom. The summed E-state index contributed by atoms with van der Waals surface area (Å²) < 4.78 is 7.78. The number of aromatic nitrogens is 10. The zero-order chi connectivity index (χ0) is 56.9. The number of nitrogen functional groups attached to an aromatic ring is 1. The molecule has 6 heterocycles. The van der Waals surface area contributed by atoms with E-state index in [4.69, 9.17) is 22.4 Å². The maximum absolute atomic E-state index is 12.7. The smallest absolute Gasteiger partial charge is 0.310 e. The number of anilines is 3. The van der Waals surface area contributed by atoms with E-state index >= 15 is 0 Å². The molecular weight excluding hydrogens is 1050 g/mol. The summed E-state index contributed by atoms with van der Waals surface area (Å²) in [5.74, 6) is -1.17. The Balaban J connectivity index is 0.000000213. The molecule has 2 aromatic carbocycles. The summed E-state index contributed by atoms with van der Waals surface area (Å²) in [6, 6.07) is 15.9. The van der Waals surface area contributed by atoms with Crippen LogP contribution in [0.1, 0.15) is 120 Å². The van der Waals surface area contributed by atoms with Gasteiger partial charge in [0, 0.05) is 72.0 Å². The second-order valence-electron chi connectivity index (χ2n) is 20.9. The van der Waals surface area contributed by atoms with Gasteiger partial charge in [-0.25, -0.2) is 29.9 Å². The first kappa shape index (κ1) is 59.7. The van der Waals surface area contributed by atoms with Crippen molar-refractivity contribution in [3.8, 4) is 22.5 Å². The number of thiazole rings is 2. The molecule has 0 saturated carbocycles. The number of aliphatic carboxylic acids is 1. The molecule has 0 spiro atoms. The molecule has 0 radical (unpaired) electrons. The molecule has 8 aromatic rings. The van der Waals surface area contributed by atoms with Crippen LogP contribution in [0.2, 0.25) is 5.28 Å². The van der Waals surface area contributed by atoms with E-state index in [0.29, 0.717) is 54.4 Å². The number of esters is 1. The van der Waals surface area contributed by atoms with Crippen LogP contribution in [0.5, 0.6) is 0 Å². The third-order valence-electron chi connectivity index (χ3n) is 12.1. The molecule has 21 heteroatoms. The summed E-state index contributed by atoms with van der Waals surface area (Å²) in [5.41, 5.74) is 14.6. The topological polar surface area (TPSA) is 249 Å². The van der Waals surface area contributed by atoms with Gasteiger partial charge in [0.15, 0.2) is 11.6 Å². The first-order chi connectivity index (χ1) is 36.9. The molecule has 0 aliphatic rings. The van der Waals surface area contributed by atoms with Gasteiger partial charge in [0.2, 0.25) is 11.2 Å². The quantitative estimate of drug-likeness (QED) is 0.0410. The van der Waals surface area contributed by atoms with Crippen LogP contribution in [0.4, 0.5) is 17.3 Å². The molecule has 0 aliphatic heterocycles. The molecule has 8 rings (SSSR count). The van der Waals surface area contributed by atoms with Crippen LogP contribution in [0.15, 0.2) is 98.1 Å². The van der Waals surface area contributed by atoms with Crippen LogP contribution in [-0.4, -0.2) is 85.2 Å². The fraction of sp³-hybridized carbons (Fsp3) is 0.368. The molecule has 2 atom stereocenters. The summed E-state index contributed by atoms with van der Waals surface area (Å²) in [7, 11) is 1.37. The normalized spacial score (nSPS) is 12.1. The minimum absolute atomic E-state index is 0.0283. The van der Waals surface area contributed by atoms with Gasteiger partial charge in [-0.3, -0.25) is 28.5 Å². The molecule has 0 bridgehead atoms. The summed E-state index contributed by atoms with van der Waals surface area (Å²) >= 11 is 8.86. The third-order valence-corrected chi connectivity index (χ3v) is 15.2. The van der Waals surface area contributed by atoms with Crippen molar-refractivity contribution in [3.05, 3.63) is 145 Å². The van der Waals surface area contributed by atoms with Gasteiger partial charge in [-0.15, -0.1) is 22.7 Å². The van der Waals surface area contributed by atoms with Crippen LogP contribution in [0, 0.1) is 25.7 Å². The lowest BCUT2D eigenvalue weighted by Gasteiger charge is -2.13. The number of Topliss-reactive ketones (excluding diaryl/α,β-unsaturated/α-hetero) is 2. The molecule has 18 nitrogen and oxygen atoms in total. The summed E-state index contributed by atoms with van der Waals surface area (Å²) in [4.78, 5) is 74.8. The Labute approximate surface area is 468 Å². The van der Waals surface area contributed by atoms with Crippen LogP contribution >= 0.6 is 34.3 Å². The summed E-state index contributed by atoms with van der Waals surface area (Å²) in [6.07, 6.45) is 15.6. The number of methoxy groups -OCH3 is 1. The minimum Gasteiger partial charge on any atom is -0.481 e. The molecule has 0 unspecified atom stereocenters. The first-order valence-corrected chi connectivity index (χ1v) is 27.3. The predicted octanol–water partition coefficient (Wildman–Crippen LogP) is 11.6. The average Bonchev–Trinajstić information content (AvgIpc) is 4.26. The fourth-order valence-corrected chi connectivity index (χ4v) is 9.67. The lowest BCUT2D eigenvalue weighted by atomic mass is 9.98. The fourth-order valence-electron chi connectivity index (χ4n) is 7.64. The Morgan fingerprint density at radius 2 is 1.19 bits per heavy atom. The highest BCUT2D eigenvalue weighted by molar-refractivity contribution is 7.14. The summed E-state index contributed by atoms with van der Waals surface area (Å²) in [6.45, 7) is 20.9. The standard InChI is InChI=1S/C28H32N6O3S.C21H22ClN3OS.C8H13N3O2/c1-17-12-20(7-6-19(17)8-9-23(35)24-14-30-26(38-24)28(3,4)5)22-10-11-29-27(33-22)32-21-13-31-34(16-21)15-18(2)25(36)37;1-13-11-15(16-9-10-23-20(22)25-16)6-5-14(13)7-8-17(26)18-12-24-19(27-18)21(2,3)4;1-6(8(12)13-2)4-11-5-7(9)3-10-11/h6-7,10-14,16,18H,8-9,15H2,1-5H3,(H,36,37)(H,29,32,33);5-6,9-12H,7-8H2,1-4H3;3,5-6H,4,9H2,1-2H3/t18-;;6-/m0.0/s1. The van der Waals surface area contributed by atoms with Crippen LogP contribution < -0.4 is 11.1 Å². The van der Waals surface area contributed by atoms with Gasteiger partial charge in [-0.2, -0.15) is 10.2 Å². The van der Waals surface area contributed by atoms with Gasteiger partial charge < -0.3 is 20.9 Å². The van der Waals surface area contributed by atoms with Crippen molar-refractivity contribution in [1.82, 2.24) is 49.5 Å². The first-order valence-electron chi connectivity index (χ1n) is 25.2. The van der Waals surface area contributed by atoms with Gasteiger partial charge >= 0.3 is 11.9 Å². The van der Waals surface area contributed by atoms with E-state index in [0.717, 1.165) is 59.7 Å². The number of carbonyl (C=O) groups is 4. The van der Waals surface area contributed by atoms with E-state index in [9.17, 15) is 19.2 Å². The van der Waals surface area contributed by atoms with Crippen LogP contribution in [-0.2, 0) is 51.1 Å². The van der Waals surface area contributed by atoms with Crippen molar-refractivity contribution in [2.24, 2.45) is 11.8 Å². The zero-order valence-corrected chi connectivity index (χ0v) is 48.3. The highest BCUT2D eigenvalue weighted by Gasteiger charge is 2.22. The van der Waals surface area contributed by atoms with Crippen molar-refractivity contribution in [2.45, 2.75) is 119 Å². The predicted molar refractivity (Wildman–Crippen MR) is 306 cm³/mol. The number of nitrogens with two attached hydrogens (primary N) is 1. The lowest BCUT2D eigenvalue weighted by molar-refractivity contribution is -0.145. The molecule has 410 valence electrons. The van der Waals surface area contributed by atoms with E-state index in [2.05, 4.69) is 117 Å². The number of carboxylic acids is 1. The SMILES string of the molecule is COC(=O)[C@@H](C)Cn1cc(N)cn1.Cc1cc(-c2ccnc(Cl)n2)ccc1CCC(=O)c1cnc(C(C)(C)C)s1.Cc1cc(-c2ccnc(Nc3cnn(C[C@H](C)C(=O)O)c3)n2)ccc1CCC(=O)c1cnc(C(C)(C)C)s1. The lowest BCUT2D eigenvalue weighted by Crippen LogP contribution is -2.18. The monoisotopic (exact) mass is 1110 g/mol. The Kier molecular flexibility index (Phi) is 20.4. The molecule has 0 saturated heterocycles. The third kappa shape index (κ3) is 17.2. The number of carboxylic acid groups (broad SMARTS) is 1. The number of hydrogen-bond donors (Lipinski definition) is 3. The number of hydrogen-bond acceptors (Lipinski definition) is 17. The van der Waals surface area contributed by atoms with Gasteiger partial charge in [0.1, 0.15) is 0 Å². The number of ether oxygens (including phenoxy) is 1. The van der Waals surface area contributed by atoms with Crippen molar-refractivity contribution in [2.75, 3.05) is 18.2 Å². The maximum atomic E-state index is 12.7. The van der Waals surface area contributed by atoms with Gasteiger partial charge in [0.25, 0.3) is 0 Å².